The van der Waals surface area contributed by atoms with Gasteiger partial charge in [-0.15, -0.1) is 0 Å². The Morgan fingerprint density at radius 3 is 2.50 bits per heavy atom. The molecule has 1 amide bonds. The first-order valence-corrected chi connectivity index (χ1v) is 16.4. The molecule has 6 rings (SSSR count). The Balaban J connectivity index is 1.20. The number of likely N-dealkylation sites (tertiary alicyclic amines) is 1. The fraction of sp³-hybridized carbons (Fsp3) is 0.235. The van der Waals surface area contributed by atoms with Gasteiger partial charge in [-0.2, -0.15) is 0 Å². The standard InChI is InChI=1S/C34H32ClN3O5S/c35-26-15-13-25(14-16-26)34(40)17-21-38(22-18-34)20-6-7-24-23-30-29(32(39)37-44(41,42)27-8-2-1-3-9-27)10-4-12-31(30)43-33-28(24)11-5-19-36-33/h1-5,7-16,19,40H,6,17-18,20-23H2,(H,37,39)/b24-7-. The molecule has 1 aromatic heterocycles. The fourth-order valence-electron chi connectivity index (χ4n) is 5.80. The molecule has 0 unspecified atom stereocenters. The van der Waals surface area contributed by atoms with Crippen molar-refractivity contribution in [3.63, 3.8) is 0 Å². The second-order valence-corrected chi connectivity index (χ2v) is 13.2. The van der Waals surface area contributed by atoms with Gasteiger partial charge in [0.05, 0.1) is 10.5 Å². The van der Waals surface area contributed by atoms with Crippen LogP contribution in [-0.4, -0.2) is 48.9 Å². The summed E-state index contributed by atoms with van der Waals surface area (Å²) < 4.78 is 34.2. The van der Waals surface area contributed by atoms with Crippen LogP contribution in [0.5, 0.6) is 11.6 Å². The zero-order chi connectivity index (χ0) is 30.7. The minimum absolute atomic E-state index is 0.00753. The lowest BCUT2D eigenvalue weighted by molar-refractivity contribution is -0.0254. The third kappa shape index (κ3) is 6.42. The number of benzene rings is 3. The molecule has 0 atom stereocenters. The third-order valence-electron chi connectivity index (χ3n) is 8.25. The largest absolute Gasteiger partial charge is 0.438 e. The molecule has 226 valence electrons. The molecule has 0 radical (unpaired) electrons. The van der Waals surface area contributed by atoms with Crippen LogP contribution >= 0.6 is 11.6 Å². The maximum absolute atomic E-state index is 13.4. The Bertz CT molecular complexity index is 1800. The Hall–Kier alpha value is -4.02. The van der Waals surface area contributed by atoms with Crippen LogP contribution in [0.1, 0.15) is 46.3 Å². The van der Waals surface area contributed by atoms with Crippen molar-refractivity contribution in [2.75, 3.05) is 19.6 Å². The van der Waals surface area contributed by atoms with Crippen LogP contribution in [0.4, 0.5) is 0 Å². The number of nitrogens with zero attached hydrogens (tertiary/aromatic N) is 2. The van der Waals surface area contributed by atoms with Crippen molar-refractivity contribution in [3.05, 3.63) is 124 Å². The molecule has 2 aliphatic heterocycles. The zero-order valence-electron chi connectivity index (χ0n) is 23.9. The number of aromatic nitrogens is 1. The van der Waals surface area contributed by atoms with Crippen LogP contribution in [0, 0.1) is 0 Å². The number of fused-ring (bicyclic) bond motifs is 2. The molecule has 3 aromatic carbocycles. The zero-order valence-corrected chi connectivity index (χ0v) is 25.5. The summed E-state index contributed by atoms with van der Waals surface area (Å²) in [6, 6.07) is 24.0. The molecule has 8 nitrogen and oxygen atoms in total. The van der Waals surface area contributed by atoms with Crippen molar-refractivity contribution < 1.29 is 23.1 Å². The van der Waals surface area contributed by atoms with E-state index in [1.165, 1.54) is 12.1 Å². The molecule has 0 bridgehead atoms. The van der Waals surface area contributed by atoms with Crippen molar-refractivity contribution in [2.45, 2.75) is 36.2 Å². The van der Waals surface area contributed by atoms with E-state index in [2.05, 4.69) is 20.7 Å². The number of hydrogen-bond acceptors (Lipinski definition) is 7. The van der Waals surface area contributed by atoms with Gasteiger partial charge in [0, 0.05) is 54.0 Å². The highest BCUT2D eigenvalue weighted by Crippen LogP contribution is 2.39. The molecule has 44 heavy (non-hydrogen) atoms. The van der Waals surface area contributed by atoms with E-state index >= 15 is 0 Å². The van der Waals surface area contributed by atoms with Gasteiger partial charge in [-0.25, -0.2) is 18.1 Å². The first kappa shape index (κ1) is 30.0. The molecule has 0 saturated carbocycles. The van der Waals surface area contributed by atoms with E-state index in [0.29, 0.717) is 41.5 Å². The number of rotatable bonds is 7. The van der Waals surface area contributed by atoms with Crippen LogP contribution in [0.15, 0.2) is 102 Å². The first-order valence-electron chi connectivity index (χ1n) is 14.5. The van der Waals surface area contributed by atoms with Gasteiger partial charge in [0.15, 0.2) is 0 Å². The van der Waals surface area contributed by atoms with Crippen LogP contribution in [-0.2, 0) is 22.0 Å². The summed E-state index contributed by atoms with van der Waals surface area (Å²) in [6.07, 6.45) is 6.13. The van der Waals surface area contributed by atoms with Crippen LogP contribution in [0.3, 0.4) is 0 Å². The molecule has 4 aromatic rings. The maximum atomic E-state index is 13.4. The monoisotopic (exact) mass is 629 g/mol. The molecule has 2 N–H and O–H groups in total. The predicted octanol–water partition coefficient (Wildman–Crippen LogP) is 5.96. The number of ether oxygens (including phenoxy) is 1. The molecule has 0 spiro atoms. The Morgan fingerprint density at radius 2 is 1.75 bits per heavy atom. The smallest absolute Gasteiger partial charge is 0.265 e. The van der Waals surface area contributed by atoms with Crippen LogP contribution in [0.2, 0.25) is 5.02 Å². The highest BCUT2D eigenvalue weighted by atomic mass is 35.5. The van der Waals surface area contributed by atoms with Crippen LogP contribution < -0.4 is 9.46 Å². The van der Waals surface area contributed by atoms with E-state index in [-0.39, 0.29) is 10.5 Å². The Labute approximate surface area is 262 Å². The number of halogens is 1. The molecule has 1 fully saturated rings. The van der Waals surface area contributed by atoms with Crippen molar-refractivity contribution >= 4 is 33.1 Å². The number of allylic oxidation sites excluding steroid dienone is 1. The predicted molar refractivity (Wildman–Crippen MR) is 169 cm³/mol. The summed E-state index contributed by atoms with van der Waals surface area (Å²) in [5.74, 6) is 0.155. The summed E-state index contributed by atoms with van der Waals surface area (Å²) in [5, 5.41) is 11.9. The molecule has 0 aliphatic carbocycles. The second-order valence-electron chi connectivity index (χ2n) is 11.1. The molecule has 10 heteroatoms. The number of amides is 1. The minimum Gasteiger partial charge on any atom is -0.438 e. The summed E-state index contributed by atoms with van der Waals surface area (Å²) in [6.45, 7) is 2.31. The Kier molecular flexibility index (Phi) is 8.55. The number of piperidine rings is 1. The third-order valence-corrected chi connectivity index (χ3v) is 9.85. The molecular formula is C34H32ClN3O5S. The van der Waals surface area contributed by atoms with Crippen molar-refractivity contribution in [1.29, 1.82) is 0 Å². The number of nitrogens with one attached hydrogen (secondary N) is 1. The summed E-state index contributed by atoms with van der Waals surface area (Å²) in [4.78, 5) is 20.2. The lowest BCUT2D eigenvalue weighted by Crippen LogP contribution is -2.42. The van der Waals surface area contributed by atoms with E-state index in [0.717, 1.165) is 42.8 Å². The molecular weight excluding hydrogens is 598 g/mol. The fourth-order valence-corrected chi connectivity index (χ4v) is 6.91. The van der Waals surface area contributed by atoms with Gasteiger partial charge in [0.1, 0.15) is 5.75 Å². The highest BCUT2D eigenvalue weighted by Gasteiger charge is 2.34. The molecule has 2 aliphatic rings. The summed E-state index contributed by atoms with van der Waals surface area (Å²) >= 11 is 6.03. The summed E-state index contributed by atoms with van der Waals surface area (Å²) in [7, 11) is -4.06. The SMILES string of the molecule is O=C(NS(=O)(=O)c1ccccc1)c1cccc2c1C/C(=C/CCN1CCC(O)(c3ccc(Cl)cc3)CC1)c1cccnc1O2. The molecule has 3 heterocycles. The Morgan fingerprint density at radius 1 is 1.00 bits per heavy atom. The highest BCUT2D eigenvalue weighted by molar-refractivity contribution is 7.90. The van der Waals surface area contributed by atoms with Crippen molar-refractivity contribution in [1.82, 2.24) is 14.6 Å². The van der Waals surface area contributed by atoms with E-state index < -0.39 is 21.5 Å². The van der Waals surface area contributed by atoms with Gasteiger partial charge in [0.25, 0.3) is 15.9 Å². The van der Waals surface area contributed by atoms with Gasteiger partial charge in [-0.05, 0) is 78.9 Å². The quantitative estimate of drug-likeness (QED) is 0.260. The number of aliphatic hydroxyl groups is 1. The van der Waals surface area contributed by atoms with Crippen molar-refractivity contribution in [2.24, 2.45) is 0 Å². The van der Waals surface area contributed by atoms with Gasteiger partial charge < -0.3 is 14.7 Å². The average molecular weight is 630 g/mol. The van der Waals surface area contributed by atoms with E-state index in [9.17, 15) is 18.3 Å². The maximum Gasteiger partial charge on any atom is 0.265 e. The number of carbonyl (C=O) groups excluding carboxylic acids is 1. The first-order chi connectivity index (χ1) is 21.2. The number of hydrogen-bond donors (Lipinski definition) is 2. The van der Waals surface area contributed by atoms with Gasteiger partial charge in [-0.1, -0.05) is 54.1 Å². The number of pyridine rings is 1. The minimum atomic E-state index is -4.06. The number of carbonyl (C=O) groups is 1. The topological polar surface area (TPSA) is 109 Å². The van der Waals surface area contributed by atoms with Gasteiger partial charge in [0.2, 0.25) is 5.88 Å². The van der Waals surface area contributed by atoms with Crippen molar-refractivity contribution in [3.8, 4) is 11.6 Å². The van der Waals surface area contributed by atoms with Gasteiger partial charge in [-0.3, -0.25) is 4.79 Å². The normalized spacial score (nSPS) is 17.2. The number of sulfonamides is 1. The van der Waals surface area contributed by atoms with E-state index in [4.69, 9.17) is 16.3 Å². The lowest BCUT2D eigenvalue weighted by atomic mass is 9.84. The van der Waals surface area contributed by atoms with E-state index in [1.54, 1.807) is 42.6 Å². The van der Waals surface area contributed by atoms with E-state index in [1.807, 2.05) is 36.4 Å². The van der Waals surface area contributed by atoms with Crippen LogP contribution in [0.25, 0.3) is 5.57 Å². The second kappa shape index (κ2) is 12.5. The average Bonchev–Trinajstić information content (AvgIpc) is 3.19. The molecule has 1 saturated heterocycles. The summed E-state index contributed by atoms with van der Waals surface area (Å²) in [5.41, 5.74) is 2.59. The lowest BCUT2D eigenvalue weighted by Gasteiger charge is -2.38. The van der Waals surface area contributed by atoms with Gasteiger partial charge >= 0.3 is 0 Å².